The number of benzene rings is 2. The molecular formula is C22H24N4O. The van der Waals surface area contributed by atoms with Gasteiger partial charge in [-0.3, -0.25) is 15.1 Å². The highest BCUT2D eigenvalue weighted by Gasteiger charge is 2.46. The largest absolute Gasteiger partial charge is 0.346 e. The molecule has 1 fully saturated rings. The molecule has 0 saturated carbocycles. The summed E-state index contributed by atoms with van der Waals surface area (Å²) in [6.45, 7) is 4.06. The lowest BCUT2D eigenvalue weighted by Gasteiger charge is -2.46. The zero-order chi connectivity index (χ0) is 19.6. The molecule has 0 spiro atoms. The van der Waals surface area contributed by atoms with Crippen molar-refractivity contribution in [1.29, 1.82) is 10.7 Å². The van der Waals surface area contributed by atoms with E-state index in [-0.39, 0.29) is 17.8 Å². The second kappa shape index (κ2) is 7.24. The van der Waals surface area contributed by atoms with Crippen molar-refractivity contribution in [2.45, 2.75) is 32.2 Å². The maximum atomic E-state index is 12.9. The van der Waals surface area contributed by atoms with Crippen LogP contribution in [0.4, 0.5) is 0 Å². The zero-order valence-electron chi connectivity index (χ0n) is 15.9. The van der Waals surface area contributed by atoms with Gasteiger partial charge in [-0.05, 0) is 48.2 Å². The SMILES string of the molecule is CCC[C@H]1C(=O)N(C)C(=N)N[C@]1(C)c1cccc(-c2cccc(C#N)c2)c1. The van der Waals surface area contributed by atoms with Gasteiger partial charge in [0.05, 0.1) is 23.1 Å². The molecule has 2 atom stereocenters. The Morgan fingerprint density at radius 1 is 1.22 bits per heavy atom. The van der Waals surface area contributed by atoms with Crippen molar-refractivity contribution in [3.05, 3.63) is 59.7 Å². The van der Waals surface area contributed by atoms with Crippen molar-refractivity contribution in [2.24, 2.45) is 5.92 Å². The first-order valence-electron chi connectivity index (χ1n) is 9.16. The van der Waals surface area contributed by atoms with E-state index in [4.69, 9.17) is 10.7 Å². The Balaban J connectivity index is 2.07. The van der Waals surface area contributed by atoms with Gasteiger partial charge < -0.3 is 5.32 Å². The molecular weight excluding hydrogens is 336 g/mol. The number of rotatable bonds is 4. The summed E-state index contributed by atoms with van der Waals surface area (Å²) in [4.78, 5) is 14.3. The molecule has 0 bridgehead atoms. The predicted molar refractivity (Wildman–Crippen MR) is 106 cm³/mol. The first-order chi connectivity index (χ1) is 12.9. The number of carbonyl (C=O) groups excluding carboxylic acids is 1. The summed E-state index contributed by atoms with van der Waals surface area (Å²) in [5, 5.41) is 20.6. The van der Waals surface area contributed by atoms with Crippen LogP contribution in [0, 0.1) is 22.7 Å². The standard InChI is InChI=1S/C22H24N4O/c1-4-7-19-20(27)26(3)21(24)25-22(19,2)18-11-6-10-17(13-18)16-9-5-8-15(12-16)14-23/h5-6,8-13,19H,4,7H2,1-3H3,(H2,24,25)/t19-,22+/m0/s1. The van der Waals surface area contributed by atoms with Gasteiger partial charge in [0, 0.05) is 7.05 Å². The molecule has 2 aromatic rings. The van der Waals surface area contributed by atoms with E-state index >= 15 is 0 Å². The fourth-order valence-electron chi connectivity index (χ4n) is 3.77. The highest BCUT2D eigenvalue weighted by Crippen LogP contribution is 2.38. The number of nitrogens with one attached hydrogen (secondary N) is 2. The van der Waals surface area contributed by atoms with Crippen molar-refractivity contribution < 1.29 is 4.79 Å². The summed E-state index contributed by atoms with van der Waals surface area (Å²) < 4.78 is 0. The molecule has 1 heterocycles. The fourth-order valence-corrected chi connectivity index (χ4v) is 3.77. The monoisotopic (exact) mass is 360 g/mol. The molecule has 2 N–H and O–H groups in total. The quantitative estimate of drug-likeness (QED) is 0.869. The lowest BCUT2D eigenvalue weighted by molar-refractivity contribution is -0.135. The molecule has 0 unspecified atom stereocenters. The third kappa shape index (κ3) is 3.31. The Morgan fingerprint density at radius 2 is 1.89 bits per heavy atom. The van der Waals surface area contributed by atoms with E-state index in [1.54, 1.807) is 13.1 Å². The van der Waals surface area contributed by atoms with E-state index in [9.17, 15) is 4.79 Å². The van der Waals surface area contributed by atoms with E-state index in [2.05, 4.69) is 24.4 Å². The number of nitriles is 1. The molecule has 138 valence electrons. The molecule has 3 rings (SSSR count). The van der Waals surface area contributed by atoms with E-state index in [1.807, 2.05) is 43.3 Å². The minimum atomic E-state index is -0.653. The second-order valence-electron chi connectivity index (χ2n) is 7.19. The van der Waals surface area contributed by atoms with Crippen LogP contribution in [0.5, 0.6) is 0 Å². The Bertz CT molecular complexity index is 930. The van der Waals surface area contributed by atoms with Gasteiger partial charge >= 0.3 is 0 Å². The molecule has 1 aliphatic rings. The van der Waals surface area contributed by atoms with Crippen molar-refractivity contribution in [3.63, 3.8) is 0 Å². The number of guanidine groups is 1. The Kier molecular flexibility index (Phi) is 5.00. The molecule has 5 heteroatoms. The second-order valence-corrected chi connectivity index (χ2v) is 7.19. The molecule has 0 aromatic heterocycles. The Hall–Kier alpha value is -3.13. The first kappa shape index (κ1) is 18.7. The van der Waals surface area contributed by atoms with Crippen molar-refractivity contribution in [2.75, 3.05) is 7.05 Å². The van der Waals surface area contributed by atoms with Crippen LogP contribution in [0.2, 0.25) is 0 Å². The molecule has 0 radical (unpaired) electrons. The minimum Gasteiger partial charge on any atom is -0.346 e. The van der Waals surface area contributed by atoms with Crippen LogP contribution < -0.4 is 5.32 Å². The van der Waals surface area contributed by atoms with Crippen molar-refractivity contribution >= 4 is 11.9 Å². The molecule has 1 amide bonds. The van der Waals surface area contributed by atoms with Crippen LogP contribution in [0.3, 0.4) is 0 Å². The molecule has 1 saturated heterocycles. The van der Waals surface area contributed by atoms with Gasteiger partial charge in [0.1, 0.15) is 0 Å². The van der Waals surface area contributed by atoms with E-state index in [1.165, 1.54) is 4.90 Å². The summed E-state index contributed by atoms with van der Waals surface area (Å²) in [6, 6.07) is 17.7. The van der Waals surface area contributed by atoms with Gasteiger partial charge in [-0.15, -0.1) is 0 Å². The maximum absolute atomic E-state index is 12.9. The molecule has 0 aliphatic carbocycles. The van der Waals surface area contributed by atoms with Gasteiger partial charge in [-0.25, -0.2) is 0 Å². The fraction of sp³-hybridized carbons (Fsp3) is 0.318. The van der Waals surface area contributed by atoms with Gasteiger partial charge in [0.25, 0.3) is 0 Å². The molecule has 5 nitrogen and oxygen atoms in total. The topological polar surface area (TPSA) is 80.0 Å². The van der Waals surface area contributed by atoms with Crippen LogP contribution in [-0.4, -0.2) is 23.8 Å². The Labute approximate surface area is 160 Å². The third-order valence-corrected chi connectivity index (χ3v) is 5.40. The van der Waals surface area contributed by atoms with E-state index in [0.717, 1.165) is 29.5 Å². The third-order valence-electron chi connectivity index (χ3n) is 5.40. The van der Waals surface area contributed by atoms with Crippen LogP contribution in [-0.2, 0) is 10.3 Å². The number of hydrogen-bond donors (Lipinski definition) is 2. The average Bonchev–Trinajstić information content (AvgIpc) is 2.70. The van der Waals surface area contributed by atoms with E-state index < -0.39 is 5.54 Å². The van der Waals surface area contributed by atoms with Gasteiger partial charge in [0.2, 0.25) is 5.91 Å². The van der Waals surface area contributed by atoms with Gasteiger partial charge in [0.15, 0.2) is 5.96 Å². The number of hydrogen-bond acceptors (Lipinski definition) is 3. The summed E-state index contributed by atoms with van der Waals surface area (Å²) in [7, 11) is 1.64. The van der Waals surface area contributed by atoms with Crippen LogP contribution in [0.25, 0.3) is 11.1 Å². The predicted octanol–water partition coefficient (Wildman–Crippen LogP) is 3.85. The van der Waals surface area contributed by atoms with Crippen LogP contribution in [0.15, 0.2) is 48.5 Å². The molecule has 1 aliphatic heterocycles. The lowest BCUT2D eigenvalue weighted by atomic mass is 9.74. The summed E-state index contributed by atoms with van der Waals surface area (Å²) in [5.41, 5.74) is 2.87. The lowest BCUT2D eigenvalue weighted by Crippen LogP contribution is -2.63. The average molecular weight is 360 g/mol. The zero-order valence-corrected chi connectivity index (χ0v) is 15.9. The first-order valence-corrected chi connectivity index (χ1v) is 9.16. The Morgan fingerprint density at radius 3 is 2.56 bits per heavy atom. The summed E-state index contributed by atoms with van der Waals surface area (Å²) in [5.74, 6) is -0.158. The summed E-state index contributed by atoms with van der Waals surface area (Å²) >= 11 is 0. The van der Waals surface area contributed by atoms with Crippen LogP contribution in [0.1, 0.15) is 37.8 Å². The molecule has 2 aromatic carbocycles. The minimum absolute atomic E-state index is 0.0278. The highest BCUT2D eigenvalue weighted by molar-refractivity contribution is 6.00. The van der Waals surface area contributed by atoms with Gasteiger partial charge in [-0.2, -0.15) is 5.26 Å². The van der Waals surface area contributed by atoms with Gasteiger partial charge in [-0.1, -0.05) is 43.7 Å². The van der Waals surface area contributed by atoms with Crippen molar-refractivity contribution in [1.82, 2.24) is 10.2 Å². The normalized spacial score (nSPS) is 22.3. The molecule has 27 heavy (non-hydrogen) atoms. The maximum Gasteiger partial charge on any atom is 0.234 e. The summed E-state index contributed by atoms with van der Waals surface area (Å²) in [6.07, 6.45) is 1.63. The highest BCUT2D eigenvalue weighted by atomic mass is 16.2. The number of nitrogens with zero attached hydrogens (tertiary/aromatic N) is 2. The van der Waals surface area contributed by atoms with Crippen molar-refractivity contribution in [3.8, 4) is 17.2 Å². The van der Waals surface area contributed by atoms with Crippen LogP contribution >= 0.6 is 0 Å². The smallest absolute Gasteiger partial charge is 0.234 e. The van der Waals surface area contributed by atoms with E-state index in [0.29, 0.717) is 5.56 Å². The number of amides is 1. The number of carbonyl (C=O) groups is 1.